The molecule has 0 N–H and O–H groups in total. The maximum absolute atomic E-state index is 2.28. The van der Waals surface area contributed by atoms with Crippen molar-refractivity contribution in [2.75, 3.05) is 0 Å². The summed E-state index contributed by atoms with van der Waals surface area (Å²) in [5.41, 5.74) is 2.88. The molecule has 2 radical (unpaired) electrons. The van der Waals surface area contributed by atoms with Gasteiger partial charge in [0.1, 0.15) is 0 Å². The van der Waals surface area contributed by atoms with Crippen LogP contribution in [0.1, 0.15) is 24.5 Å². The van der Waals surface area contributed by atoms with Crippen LogP contribution < -0.4 is 0 Å². The third kappa shape index (κ3) is 2.20. The van der Waals surface area contributed by atoms with Crippen molar-refractivity contribution in [2.45, 2.75) is 16.5 Å². The predicted molar refractivity (Wildman–Crippen MR) is 69.7 cm³/mol. The first-order chi connectivity index (χ1) is 7.77. The Labute approximate surface area is 113 Å². The van der Waals surface area contributed by atoms with Gasteiger partial charge in [-0.1, -0.05) is 0 Å². The van der Waals surface area contributed by atoms with Gasteiger partial charge in [-0.15, -0.1) is 0 Å². The Morgan fingerprint density at radius 2 is 1.19 bits per heavy atom. The molecule has 0 fully saturated rings. The molecular formula is C15H15Bi. The van der Waals surface area contributed by atoms with Crippen LogP contribution >= 0.6 is 0 Å². The first kappa shape index (κ1) is 11.8. The summed E-state index contributed by atoms with van der Waals surface area (Å²) < 4.78 is 0.239. The molecule has 2 aromatic rings. The minimum atomic E-state index is 0.239. The standard InChI is InChI=1S/C15H15.Bi/c1-2-15(13-9-5-3-6-10-13)14-11-7-4-8-12-14;/h3-12H,2H2,1H3;. The topological polar surface area (TPSA) is 0 Å². The monoisotopic (exact) mass is 404 g/mol. The zero-order chi connectivity index (χ0) is 11.4. The van der Waals surface area contributed by atoms with Crippen molar-refractivity contribution in [3.8, 4) is 0 Å². The molecule has 0 atom stereocenters. The molecule has 0 nitrogen and oxygen atoms in total. The quantitative estimate of drug-likeness (QED) is 0.687. The Kier molecular flexibility index (Phi) is 3.76. The van der Waals surface area contributed by atoms with Gasteiger partial charge in [0.15, 0.2) is 0 Å². The third-order valence-electron chi connectivity index (χ3n) is 3.01. The molecule has 0 unspecified atom stereocenters. The molecule has 16 heavy (non-hydrogen) atoms. The summed E-state index contributed by atoms with van der Waals surface area (Å²) >= 11 is 1.38. The van der Waals surface area contributed by atoms with Gasteiger partial charge in [-0.05, 0) is 0 Å². The average molecular weight is 404 g/mol. The molecule has 0 aliphatic carbocycles. The first-order valence-electron chi connectivity index (χ1n) is 5.61. The zero-order valence-electron chi connectivity index (χ0n) is 9.43. The fraction of sp³-hybridized carbons (Fsp3) is 0.200. The number of benzene rings is 2. The molecule has 0 saturated heterocycles. The number of rotatable bonds is 3. The van der Waals surface area contributed by atoms with E-state index in [9.17, 15) is 0 Å². The summed E-state index contributed by atoms with van der Waals surface area (Å²) in [5.74, 6) is 0. The van der Waals surface area contributed by atoms with Gasteiger partial charge in [-0.3, -0.25) is 0 Å². The molecule has 0 saturated carbocycles. The summed E-state index contributed by atoms with van der Waals surface area (Å²) in [5, 5.41) is 0. The van der Waals surface area contributed by atoms with Crippen LogP contribution in [-0.4, -0.2) is 24.7 Å². The summed E-state index contributed by atoms with van der Waals surface area (Å²) in [6.07, 6.45) is 1.16. The normalized spacial score (nSPS) is 11.4. The second-order valence-corrected chi connectivity index (χ2v) is 6.91. The molecule has 0 aromatic heterocycles. The average Bonchev–Trinajstić information content (AvgIpc) is 2.40. The van der Waals surface area contributed by atoms with E-state index in [1.807, 2.05) is 0 Å². The van der Waals surface area contributed by atoms with Crippen molar-refractivity contribution in [1.29, 1.82) is 0 Å². The van der Waals surface area contributed by atoms with Gasteiger partial charge in [-0.2, -0.15) is 0 Å². The van der Waals surface area contributed by atoms with Crippen molar-refractivity contribution in [3.63, 3.8) is 0 Å². The van der Waals surface area contributed by atoms with Crippen LogP contribution in [0, 0.1) is 0 Å². The maximum atomic E-state index is 2.28. The van der Waals surface area contributed by atoms with E-state index in [1.165, 1.54) is 35.8 Å². The van der Waals surface area contributed by atoms with E-state index in [2.05, 4.69) is 67.6 Å². The molecule has 0 heterocycles. The molecule has 0 amide bonds. The molecule has 0 aliphatic heterocycles. The molecular weight excluding hydrogens is 389 g/mol. The zero-order valence-corrected chi connectivity index (χ0v) is 12.9. The van der Waals surface area contributed by atoms with Gasteiger partial charge in [0.05, 0.1) is 0 Å². The van der Waals surface area contributed by atoms with Gasteiger partial charge >= 0.3 is 113 Å². The van der Waals surface area contributed by atoms with Crippen LogP contribution in [0.4, 0.5) is 0 Å². The van der Waals surface area contributed by atoms with Gasteiger partial charge in [0.25, 0.3) is 0 Å². The molecule has 80 valence electrons. The molecule has 2 rings (SSSR count). The first-order valence-corrected chi connectivity index (χ1v) is 7.34. The van der Waals surface area contributed by atoms with Crippen molar-refractivity contribution in [1.82, 2.24) is 0 Å². The molecule has 0 spiro atoms. The van der Waals surface area contributed by atoms with Crippen molar-refractivity contribution < 1.29 is 0 Å². The van der Waals surface area contributed by atoms with Crippen molar-refractivity contribution >= 4 is 24.7 Å². The van der Waals surface area contributed by atoms with Crippen LogP contribution in [0.3, 0.4) is 0 Å². The third-order valence-corrected chi connectivity index (χ3v) is 6.25. The Bertz CT molecular complexity index is 394. The summed E-state index contributed by atoms with van der Waals surface area (Å²) in [6.45, 7) is 2.28. The minimum absolute atomic E-state index is 0.239. The van der Waals surface area contributed by atoms with Crippen molar-refractivity contribution in [2.24, 2.45) is 0 Å². The van der Waals surface area contributed by atoms with Crippen LogP contribution in [0.25, 0.3) is 0 Å². The van der Waals surface area contributed by atoms with E-state index in [4.69, 9.17) is 0 Å². The molecule has 0 aliphatic rings. The number of hydrogen-bond donors (Lipinski definition) is 0. The molecule has 2 aromatic carbocycles. The predicted octanol–water partition coefficient (Wildman–Crippen LogP) is 3.51. The molecule has 0 bridgehead atoms. The Balaban J connectivity index is 2.49. The number of hydrogen-bond acceptors (Lipinski definition) is 0. The summed E-state index contributed by atoms with van der Waals surface area (Å²) in [6, 6.07) is 21.7. The van der Waals surface area contributed by atoms with Gasteiger partial charge in [0.2, 0.25) is 0 Å². The van der Waals surface area contributed by atoms with Crippen molar-refractivity contribution in [3.05, 3.63) is 71.8 Å². The second kappa shape index (κ2) is 5.10. The van der Waals surface area contributed by atoms with E-state index >= 15 is 0 Å². The summed E-state index contributed by atoms with van der Waals surface area (Å²) in [4.78, 5) is 0. The van der Waals surface area contributed by atoms with E-state index < -0.39 is 0 Å². The van der Waals surface area contributed by atoms with E-state index in [-0.39, 0.29) is 3.12 Å². The van der Waals surface area contributed by atoms with E-state index in [1.54, 1.807) is 0 Å². The Morgan fingerprint density at radius 3 is 1.50 bits per heavy atom. The van der Waals surface area contributed by atoms with Crippen LogP contribution in [0.2, 0.25) is 0 Å². The fourth-order valence-electron chi connectivity index (χ4n) is 2.00. The van der Waals surface area contributed by atoms with Gasteiger partial charge < -0.3 is 0 Å². The van der Waals surface area contributed by atoms with Crippen LogP contribution in [0.5, 0.6) is 0 Å². The van der Waals surface area contributed by atoms with Crippen LogP contribution in [0.15, 0.2) is 60.7 Å². The summed E-state index contributed by atoms with van der Waals surface area (Å²) in [7, 11) is 0. The Morgan fingerprint density at radius 1 is 0.812 bits per heavy atom. The Hall–Kier alpha value is -0.677. The SMILES string of the molecule is CC[C]([Bi])(c1ccccc1)c1ccccc1. The van der Waals surface area contributed by atoms with Gasteiger partial charge in [0, 0.05) is 0 Å². The van der Waals surface area contributed by atoms with E-state index in [0.717, 1.165) is 6.42 Å². The van der Waals surface area contributed by atoms with Crippen LogP contribution in [-0.2, 0) is 3.12 Å². The van der Waals surface area contributed by atoms with E-state index in [0.29, 0.717) is 0 Å². The molecule has 1 heteroatoms. The fourth-order valence-corrected chi connectivity index (χ4v) is 3.16. The van der Waals surface area contributed by atoms with Gasteiger partial charge in [-0.25, -0.2) is 0 Å². The second-order valence-electron chi connectivity index (χ2n) is 3.95.